The normalized spacial score (nSPS) is 38.1. The standard InChI is InChI=1S/C6H9ClF2O2S/c7-12(10,11)4-1-2-5(8)6(9)3-4/h4-6H,1-3H2. The zero-order valence-corrected chi connectivity index (χ0v) is 7.78. The van der Waals surface area contributed by atoms with Crippen molar-refractivity contribution in [3.63, 3.8) is 0 Å². The maximum atomic E-state index is 12.7. The summed E-state index contributed by atoms with van der Waals surface area (Å²) in [6.45, 7) is 0. The van der Waals surface area contributed by atoms with E-state index >= 15 is 0 Å². The lowest BCUT2D eigenvalue weighted by molar-refractivity contribution is 0.121. The molecule has 1 aliphatic rings. The summed E-state index contributed by atoms with van der Waals surface area (Å²) >= 11 is 0. The molecule has 0 N–H and O–H groups in total. The van der Waals surface area contributed by atoms with Crippen LogP contribution in [-0.2, 0) is 9.05 Å². The highest BCUT2D eigenvalue weighted by Crippen LogP contribution is 2.30. The second kappa shape index (κ2) is 3.46. The van der Waals surface area contributed by atoms with Gasteiger partial charge in [0.2, 0.25) is 9.05 Å². The van der Waals surface area contributed by atoms with Crippen molar-refractivity contribution in [2.75, 3.05) is 0 Å². The number of hydrogen-bond acceptors (Lipinski definition) is 2. The van der Waals surface area contributed by atoms with Gasteiger partial charge >= 0.3 is 0 Å². The highest BCUT2D eigenvalue weighted by molar-refractivity contribution is 8.14. The maximum absolute atomic E-state index is 12.7. The fraction of sp³-hybridized carbons (Fsp3) is 1.00. The van der Waals surface area contributed by atoms with Crippen molar-refractivity contribution in [3.05, 3.63) is 0 Å². The van der Waals surface area contributed by atoms with Gasteiger partial charge in [-0.15, -0.1) is 0 Å². The fourth-order valence-corrected chi connectivity index (χ4v) is 2.62. The van der Waals surface area contributed by atoms with Crippen molar-refractivity contribution >= 4 is 19.7 Å². The van der Waals surface area contributed by atoms with Gasteiger partial charge in [0, 0.05) is 10.7 Å². The van der Waals surface area contributed by atoms with E-state index in [0.717, 1.165) is 0 Å². The van der Waals surface area contributed by atoms with Gasteiger partial charge in [-0.3, -0.25) is 0 Å². The molecule has 0 heterocycles. The van der Waals surface area contributed by atoms with Gasteiger partial charge in [-0.25, -0.2) is 17.2 Å². The SMILES string of the molecule is O=S(=O)(Cl)C1CCC(F)C(F)C1. The van der Waals surface area contributed by atoms with Crippen LogP contribution in [0.5, 0.6) is 0 Å². The predicted molar refractivity (Wildman–Crippen MR) is 42.2 cm³/mol. The third kappa shape index (κ3) is 2.29. The van der Waals surface area contributed by atoms with E-state index in [4.69, 9.17) is 10.7 Å². The number of alkyl halides is 2. The number of rotatable bonds is 1. The quantitative estimate of drug-likeness (QED) is 0.629. The minimum absolute atomic E-state index is 0.0578. The van der Waals surface area contributed by atoms with Crippen molar-refractivity contribution in [3.8, 4) is 0 Å². The molecule has 0 spiro atoms. The summed E-state index contributed by atoms with van der Waals surface area (Å²) in [7, 11) is 1.29. The summed E-state index contributed by atoms with van der Waals surface area (Å²) in [4.78, 5) is 0. The molecule has 3 unspecified atom stereocenters. The maximum Gasteiger partial charge on any atom is 0.235 e. The van der Waals surface area contributed by atoms with E-state index in [0.29, 0.717) is 0 Å². The van der Waals surface area contributed by atoms with Crippen LogP contribution < -0.4 is 0 Å². The molecule has 0 bridgehead atoms. The Morgan fingerprint density at radius 3 is 2.17 bits per heavy atom. The number of hydrogen-bond donors (Lipinski definition) is 0. The average molecular weight is 219 g/mol. The van der Waals surface area contributed by atoms with Crippen LogP contribution in [0.3, 0.4) is 0 Å². The zero-order valence-electron chi connectivity index (χ0n) is 6.21. The molecule has 12 heavy (non-hydrogen) atoms. The van der Waals surface area contributed by atoms with Crippen LogP contribution in [0.1, 0.15) is 19.3 Å². The van der Waals surface area contributed by atoms with Crippen LogP contribution in [0.25, 0.3) is 0 Å². The van der Waals surface area contributed by atoms with Crippen LogP contribution in [0.2, 0.25) is 0 Å². The summed E-state index contributed by atoms with van der Waals surface area (Å²) in [6, 6.07) is 0. The van der Waals surface area contributed by atoms with Crippen LogP contribution >= 0.6 is 10.7 Å². The lowest BCUT2D eigenvalue weighted by atomic mass is 9.97. The molecule has 0 aromatic carbocycles. The fourth-order valence-electron chi connectivity index (χ4n) is 1.30. The minimum Gasteiger partial charge on any atom is -0.244 e. The summed E-state index contributed by atoms with van der Waals surface area (Å²) < 4.78 is 46.6. The predicted octanol–water partition coefficient (Wildman–Crippen LogP) is 1.78. The van der Waals surface area contributed by atoms with Crippen LogP contribution in [0.4, 0.5) is 8.78 Å². The van der Waals surface area contributed by atoms with Gasteiger partial charge in [-0.05, 0) is 19.3 Å². The highest BCUT2D eigenvalue weighted by atomic mass is 35.7. The van der Waals surface area contributed by atoms with Gasteiger partial charge in [0.1, 0.15) is 12.3 Å². The van der Waals surface area contributed by atoms with Crippen LogP contribution in [0, 0.1) is 0 Å². The molecule has 1 saturated carbocycles. The monoisotopic (exact) mass is 218 g/mol. The highest BCUT2D eigenvalue weighted by Gasteiger charge is 2.36. The first-order valence-corrected chi connectivity index (χ1v) is 6.00. The molecule has 6 heteroatoms. The lowest BCUT2D eigenvalue weighted by Gasteiger charge is -2.24. The number of halogens is 3. The summed E-state index contributed by atoms with van der Waals surface area (Å²) in [5.41, 5.74) is 0. The second-order valence-electron chi connectivity index (χ2n) is 2.94. The Labute approximate surface area is 74.3 Å². The minimum atomic E-state index is -3.72. The molecule has 0 aliphatic heterocycles. The summed E-state index contributed by atoms with van der Waals surface area (Å²) in [5, 5.41) is -0.916. The molecule has 72 valence electrons. The first-order chi connectivity index (χ1) is 5.41. The summed E-state index contributed by atoms with van der Waals surface area (Å²) in [5.74, 6) is 0. The van der Waals surface area contributed by atoms with Crippen molar-refractivity contribution in [2.24, 2.45) is 0 Å². The van der Waals surface area contributed by atoms with Gasteiger partial charge in [-0.2, -0.15) is 0 Å². The Kier molecular flexibility index (Phi) is 2.93. The van der Waals surface area contributed by atoms with E-state index in [2.05, 4.69) is 0 Å². The molecule has 1 aliphatic carbocycles. The third-order valence-electron chi connectivity index (χ3n) is 2.04. The topological polar surface area (TPSA) is 34.1 Å². The Hall–Kier alpha value is 0.1000. The molecule has 1 rings (SSSR count). The lowest BCUT2D eigenvalue weighted by Crippen LogP contribution is -2.33. The van der Waals surface area contributed by atoms with Gasteiger partial charge < -0.3 is 0 Å². The van der Waals surface area contributed by atoms with Crippen molar-refractivity contribution in [1.29, 1.82) is 0 Å². The van der Waals surface area contributed by atoms with Gasteiger partial charge in [0.05, 0.1) is 5.25 Å². The molecule has 2 nitrogen and oxygen atoms in total. The molecule has 0 saturated heterocycles. The smallest absolute Gasteiger partial charge is 0.235 e. The average Bonchev–Trinajstić information content (AvgIpc) is 1.92. The molecule has 0 radical (unpaired) electrons. The van der Waals surface area contributed by atoms with Crippen molar-refractivity contribution < 1.29 is 17.2 Å². The van der Waals surface area contributed by atoms with E-state index < -0.39 is 26.6 Å². The van der Waals surface area contributed by atoms with Gasteiger partial charge in [0.25, 0.3) is 0 Å². The van der Waals surface area contributed by atoms with E-state index in [9.17, 15) is 17.2 Å². The van der Waals surface area contributed by atoms with Crippen LogP contribution in [0.15, 0.2) is 0 Å². The Balaban J connectivity index is 2.64. The second-order valence-corrected chi connectivity index (χ2v) is 5.85. The van der Waals surface area contributed by atoms with Gasteiger partial charge in [-0.1, -0.05) is 0 Å². The van der Waals surface area contributed by atoms with Gasteiger partial charge in [0.15, 0.2) is 0 Å². The Bertz CT molecular complexity index is 254. The first-order valence-electron chi connectivity index (χ1n) is 3.63. The van der Waals surface area contributed by atoms with E-state index in [1.807, 2.05) is 0 Å². The molecule has 0 aromatic rings. The molecular weight excluding hydrogens is 210 g/mol. The van der Waals surface area contributed by atoms with E-state index in [1.54, 1.807) is 0 Å². The summed E-state index contributed by atoms with van der Waals surface area (Å²) in [6.07, 6.45) is -3.46. The molecular formula is C6H9ClF2O2S. The van der Waals surface area contributed by atoms with E-state index in [-0.39, 0.29) is 19.3 Å². The van der Waals surface area contributed by atoms with Crippen LogP contribution in [-0.4, -0.2) is 26.0 Å². The zero-order chi connectivity index (χ0) is 9.35. The molecule has 3 atom stereocenters. The van der Waals surface area contributed by atoms with Crippen molar-refractivity contribution in [2.45, 2.75) is 36.9 Å². The van der Waals surface area contributed by atoms with E-state index in [1.165, 1.54) is 0 Å². The largest absolute Gasteiger partial charge is 0.244 e. The van der Waals surface area contributed by atoms with Crippen molar-refractivity contribution in [1.82, 2.24) is 0 Å². The molecule has 1 fully saturated rings. The first kappa shape index (κ1) is 10.2. The Morgan fingerprint density at radius 2 is 1.75 bits per heavy atom. The molecule has 0 amide bonds. The molecule has 0 aromatic heterocycles. The Morgan fingerprint density at radius 1 is 1.17 bits per heavy atom. The third-order valence-corrected chi connectivity index (χ3v) is 4.02.